The minimum Gasteiger partial charge on any atom is -0.385 e. The summed E-state index contributed by atoms with van der Waals surface area (Å²) in [7, 11) is 0. The first-order valence-electron chi connectivity index (χ1n) is 6.17. The summed E-state index contributed by atoms with van der Waals surface area (Å²) in [5.74, 6) is -0.427. The number of nitrogens with one attached hydrogen (secondary N) is 4. The molecular weight excluding hydrogens is 246 g/mol. The average Bonchev–Trinajstić information content (AvgIpc) is 2.39. The molecule has 0 unspecified atom stereocenters. The predicted octanol–water partition coefficient (Wildman–Crippen LogP) is -0.807. The lowest BCUT2D eigenvalue weighted by molar-refractivity contribution is -0.115. The SMILES string of the molecule is N=C(C(=O)NC1CCNCC1)c1ccc(=O)[nH]c1N. The number of carbonyl (C=O) groups is 1. The largest absolute Gasteiger partial charge is 0.385 e. The van der Waals surface area contributed by atoms with Gasteiger partial charge in [0, 0.05) is 17.7 Å². The van der Waals surface area contributed by atoms with E-state index in [1.165, 1.54) is 12.1 Å². The summed E-state index contributed by atoms with van der Waals surface area (Å²) in [5.41, 5.74) is 5.27. The highest BCUT2D eigenvalue weighted by atomic mass is 16.2. The topological polar surface area (TPSA) is 124 Å². The molecule has 0 aliphatic carbocycles. The van der Waals surface area contributed by atoms with Crippen molar-refractivity contribution in [3.63, 3.8) is 0 Å². The fourth-order valence-electron chi connectivity index (χ4n) is 2.05. The lowest BCUT2D eigenvalue weighted by atomic mass is 10.1. The van der Waals surface area contributed by atoms with E-state index in [1.807, 2.05) is 0 Å². The van der Waals surface area contributed by atoms with Crippen LogP contribution in [-0.2, 0) is 4.79 Å². The van der Waals surface area contributed by atoms with Crippen molar-refractivity contribution in [3.05, 3.63) is 28.0 Å². The molecule has 0 radical (unpaired) electrons. The molecule has 6 N–H and O–H groups in total. The Kier molecular flexibility index (Phi) is 3.96. The zero-order chi connectivity index (χ0) is 13.8. The van der Waals surface area contributed by atoms with Crippen molar-refractivity contribution < 1.29 is 4.79 Å². The van der Waals surface area contributed by atoms with Gasteiger partial charge in [0.25, 0.3) is 5.91 Å². The predicted molar refractivity (Wildman–Crippen MR) is 72.3 cm³/mol. The number of hydrogen-bond acceptors (Lipinski definition) is 5. The number of H-pyrrole nitrogens is 1. The van der Waals surface area contributed by atoms with Crippen molar-refractivity contribution in [3.8, 4) is 0 Å². The molecule has 0 spiro atoms. The third-order valence-corrected chi connectivity index (χ3v) is 3.12. The van der Waals surface area contributed by atoms with Crippen LogP contribution in [-0.4, -0.2) is 35.7 Å². The molecule has 102 valence electrons. The molecule has 1 amide bonds. The van der Waals surface area contributed by atoms with Gasteiger partial charge in [-0.05, 0) is 32.0 Å². The Hall–Kier alpha value is -2.15. The van der Waals surface area contributed by atoms with E-state index in [0.29, 0.717) is 0 Å². The number of nitrogens with two attached hydrogens (primary N) is 1. The molecule has 0 saturated carbocycles. The highest BCUT2D eigenvalue weighted by molar-refractivity contribution is 6.45. The fraction of sp³-hybridized carbons (Fsp3) is 0.417. The van der Waals surface area contributed by atoms with Crippen LogP contribution in [0.1, 0.15) is 18.4 Å². The van der Waals surface area contributed by atoms with Gasteiger partial charge in [0.15, 0.2) is 0 Å². The van der Waals surface area contributed by atoms with Gasteiger partial charge in [0.05, 0.1) is 0 Å². The van der Waals surface area contributed by atoms with Gasteiger partial charge in [-0.1, -0.05) is 0 Å². The first-order chi connectivity index (χ1) is 9.08. The van der Waals surface area contributed by atoms with Gasteiger partial charge in [0.1, 0.15) is 11.5 Å². The van der Waals surface area contributed by atoms with E-state index < -0.39 is 5.91 Å². The van der Waals surface area contributed by atoms with Crippen LogP contribution in [0.25, 0.3) is 0 Å². The molecule has 0 atom stereocenters. The van der Waals surface area contributed by atoms with Crippen LogP contribution in [0.3, 0.4) is 0 Å². The number of aromatic nitrogens is 1. The van der Waals surface area contributed by atoms with Crippen molar-refractivity contribution in [2.75, 3.05) is 18.8 Å². The van der Waals surface area contributed by atoms with Crippen LogP contribution in [0, 0.1) is 5.41 Å². The fourth-order valence-corrected chi connectivity index (χ4v) is 2.05. The number of nitrogen functional groups attached to an aromatic ring is 1. The molecule has 1 aromatic heterocycles. The Morgan fingerprint density at radius 2 is 2.05 bits per heavy atom. The van der Waals surface area contributed by atoms with Crippen LogP contribution >= 0.6 is 0 Å². The van der Waals surface area contributed by atoms with E-state index in [1.54, 1.807) is 0 Å². The molecular formula is C12H17N5O2. The minimum absolute atomic E-state index is 0.0398. The number of amides is 1. The standard InChI is InChI=1S/C12H17N5O2/c13-10(8-1-2-9(18)17-11(8)14)12(19)16-7-3-5-15-6-4-7/h1-2,7,13,15H,3-6H2,(H,16,19)(H3,14,17,18). The molecule has 1 saturated heterocycles. The van der Waals surface area contributed by atoms with E-state index in [4.69, 9.17) is 11.1 Å². The molecule has 0 aromatic carbocycles. The molecule has 0 bridgehead atoms. The third-order valence-electron chi connectivity index (χ3n) is 3.12. The summed E-state index contributed by atoms with van der Waals surface area (Å²) >= 11 is 0. The van der Waals surface area contributed by atoms with Gasteiger partial charge >= 0.3 is 0 Å². The minimum atomic E-state index is -0.467. The number of piperidine rings is 1. The summed E-state index contributed by atoms with van der Waals surface area (Å²) in [6.07, 6.45) is 1.69. The van der Waals surface area contributed by atoms with Gasteiger partial charge in [-0.3, -0.25) is 15.0 Å². The number of hydrogen-bond donors (Lipinski definition) is 5. The number of carbonyl (C=O) groups excluding carboxylic acids is 1. The Bertz CT molecular complexity index is 545. The van der Waals surface area contributed by atoms with E-state index in [9.17, 15) is 9.59 Å². The summed E-state index contributed by atoms with van der Waals surface area (Å²) in [5, 5.41) is 13.8. The molecule has 7 nitrogen and oxygen atoms in total. The Morgan fingerprint density at radius 3 is 2.68 bits per heavy atom. The number of pyridine rings is 1. The Morgan fingerprint density at radius 1 is 1.37 bits per heavy atom. The maximum atomic E-state index is 11.9. The summed E-state index contributed by atoms with van der Waals surface area (Å²) in [4.78, 5) is 25.4. The lowest BCUT2D eigenvalue weighted by Gasteiger charge is -2.23. The van der Waals surface area contributed by atoms with Crippen LogP contribution in [0.15, 0.2) is 16.9 Å². The Labute approximate surface area is 110 Å². The Balaban J connectivity index is 2.06. The van der Waals surface area contributed by atoms with E-state index in [0.717, 1.165) is 25.9 Å². The third kappa shape index (κ3) is 3.19. The zero-order valence-electron chi connectivity index (χ0n) is 10.5. The summed E-state index contributed by atoms with van der Waals surface area (Å²) in [6.45, 7) is 1.72. The number of rotatable bonds is 3. The molecule has 1 aromatic rings. The van der Waals surface area contributed by atoms with Gasteiger partial charge in [-0.15, -0.1) is 0 Å². The molecule has 1 fully saturated rings. The van der Waals surface area contributed by atoms with E-state index in [2.05, 4.69) is 15.6 Å². The second-order valence-electron chi connectivity index (χ2n) is 4.52. The van der Waals surface area contributed by atoms with Gasteiger partial charge < -0.3 is 21.4 Å². The smallest absolute Gasteiger partial charge is 0.270 e. The second kappa shape index (κ2) is 5.66. The lowest BCUT2D eigenvalue weighted by Crippen LogP contribution is -2.45. The van der Waals surface area contributed by atoms with Crippen molar-refractivity contribution in [2.45, 2.75) is 18.9 Å². The molecule has 2 rings (SSSR count). The zero-order valence-corrected chi connectivity index (χ0v) is 10.5. The quantitative estimate of drug-likeness (QED) is 0.458. The van der Waals surface area contributed by atoms with Gasteiger partial charge in [-0.25, -0.2) is 0 Å². The van der Waals surface area contributed by atoms with Crippen molar-refractivity contribution in [2.24, 2.45) is 0 Å². The molecule has 2 heterocycles. The maximum Gasteiger partial charge on any atom is 0.270 e. The van der Waals surface area contributed by atoms with Crippen LogP contribution in [0.4, 0.5) is 5.82 Å². The van der Waals surface area contributed by atoms with Crippen molar-refractivity contribution in [1.29, 1.82) is 5.41 Å². The van der Waals surface area contributed by atoms with E-state index >= 15 is 0 Å². The first kappa shape index (κ1) is 13.3. The molecule has 1 aliphatic rings. The highest BCUT2D eigenvalue weighted by Gasteiger charge is 2.20. The number of aromatic amines is 1. The van der Waals surface area contributed by atoms with Crippen molar-refractivity contribution >= 4 is 17.4 Å². The summed E-state index contributed by atoms with van der Waals surface area (Å²) in [6, 6.07) is 2.72. The first-order valence-corrected chi connectivity index (χ1v) is 6.17. The molecule has 1 aliphatic heterocycles. The van der Waals surface area contributed by atoms with Crippen LogP contribution < -0.4 is 21.9 Å². The van der Waals surface area contributed by atoms with Crippen molar-refractivity contribution in [1.82, 2.24) is 15.6 Å². The second-order valence-corrected chi connectivity index (χ2v) is 4.52. The van der Waals surface area contributed by atoms with Gasteiger partial charge in [0.2, 0.25) is 5.56 Å². The molecule has 7 heteroatoms. The average molecular weight is 263 g/mol. The van der Waals surface area contributed by atoms with Gasteiger partial charge in [-0.2, -0.15) is 0 Å². The maximum absolute atomic E-state index is 11.9. The van der Waals surface area contributed by atoms with Crippen LogP contribution in [0.5, 0.6) is 0 Å². The molecule has 19 heavy (non-hydrogen) atoms. The summed E-state index contributed by atoms with van der Waals surface area (Å²) < 4.78 is 0. The van der Waals surface area contributed by atoms with Crippen LogP contribution in [0.2, 0.25) is 0 Å². The monoisotopic (exact) mass is 263 g/mol. The highest BCUT2D eigenvalue weighted by Crippen LogP contribution is 2.07. The normalized spacial score (nSPS) is 16.0. The van der Waals surface area contributed by atoms with E-state index in [-0.39, 0.29) is 28.7 Å². The number of anilines is 1.